The first-order valence-electron chi connectivity index (χ1n) is 8.50. The molecule has 5 nitrogen and oxygen atoms in total. The molecule has 0 bridgehead atoms. The topological polar surface area (TPSA) is 41.5 Å². The molecule has 0 radical (unpaired) electrons. The van der Waals surface area contributed by atoms with E-state index in [2.05, 4.69) is 52.0 Å². The predicted molar refractivity (Wildman–Crippen MR) is 97.6 cm³/mol. The molecule has 0 aliphatic carbocycles. The van der Waals surface area contributed by atoms with Crippen molar-refractivity contribution in [1.82, 2.24) is 20.0 Å². The number of hydrogen-bond acceptors (Lipinski definition) is 6. The van der Waals surface area contributed by atoms with Crippen LogP contribution in [-0.4, -0.2) is 53.3 Å². The molecule has 0 unspecified atom stereocenters. The first-order chi connectivity index (χ1) is 11.6. The molecule has 0 saturated carbocycles. The molecule has 24 heavy (non-hydrogen) atoms. The predicted octanol–water partition coefficient (Wildman–Crippen LogP) is 3.29. The van der Waals surface area contributed by atoms with Gasteiger partial charge in [-0.2, -0.15) is 0 Å². The summed E-state index contributed by atoms with van der Waals surface area (Å²) >= 11 is 1.71. The maximum absolute atomic E-state index is 5.35. The van der Waals surface area contributed by atoms with Gasteiger partial charge in [0.15, 0.2) is 0 Å². The molecule has 1 aliphatic rings. The fraction of sp³-hybridized carbons (Fsp3) is 0.556. The Balaban J connectivity index is 1.60. The molecule has 0 N–H and O–H groups in total. The second kappa shape index (κ2) is 7.59. The van der Waals surface area contributed by atoms with Crippen molar-refractivity contribution >= 4 is 11.3 Å². The molecule has 1 fully saturated rings. The Morgan fingerprint density at radius 2 is 1.71 bits per heavy atom. The van der Waals surface area contributed by atoms with E-state index in [0.29, 0.717) is 12.1 Å². The van der Waals surface area contributed by atoms with Gasteiger partial charge < -0.3 is 4.74 Å². The second-order valence-corrected chi connectivity index (χ2v) is 7.57. The summed E-state index contributed by atoms with van der Waals surface area (Å²) in [5.41, 5.74) is 1.32. The minimum Gasteiger partial charge on any atom is -0.497 e. The lowest BCUT2D eigenvalue weighted by atomic mass is 10.1. The summed E-state index contributed by atoms with van der Waals surface area (Å²) < 4.78 is 5.35. The zero-order valence-corrected chi connectivity index (χ0v) is 15.7. The fourth-order valence-corrected chi connectivity index (χ4v) is 4.05. The Morgan fingerprint density at radius 1 is 1.04 bits per heavy atom. The van der Waals surface area contributed by atoms with Crippen molar-refractivity contribution in [3.8, 4) is 5.75 Å². The molecule has 1 saturated heterocycles. The Bertz CT molecular complexity index is 667. The zero-order chi connectivity index (χ0) is 17.1. The molecular weight excluding hydrogens is 320 g/mol. The Morgan fingerprint density at radius 3 is 2.29 bits per heavy atom. The number of aromatic nitrogens is 2. The SMILES string of the molecule is COc1cccc([C@@H](C)N2CCN([C@@H](C)c3nnc(C)s3)CC2)c1. The highest BCUT2D eigenvalue weighted by molar-refractivity contribution is 7.11. The molecule has 2 aromatic rings. The monoisotopic (exact) mass is 346 g/mol. The summed E-state index contributed by atoms with van der Waals surface area (Å²) in [6.07, 6.45) is 0. The lowest BCUT2D eigenvalue weighted by Crippen LogP contribution is -2.47. The van der Waals surface area contributed by atoms with Crippen molar-refractivity contribution in [2.45, 2.75) is 32.9 Å². The molecule has 1 aromatic heterocycles. The van der Waals surface area contributed by atoms with Crippen molar-refractivity contribution in [2.24, 2.45) is 0 Å². The van der Waals surface area contributed by atoms with Crippen LogP contribution in [0.3, 0.4) is 0 Å². The van der Waals surface area contributed by atoms with Crippen LogP contribution in [-0.2, 0) is 0 Å². The maximum Gasteiger partial charge on any atom is 0.134 e. The number of ether oxygens (including phenoxy) is 1. The van der Waals surface area contributed by atoms with Gasteiger partial charge >= 0.3 is 0 Å². The Labute approximate surface area is 148 Å². The molecule has 2 heterocycles. The first-order valence-corrected chi connectivity index (χ1v) is 9.32. The molecular formula is C18H26N4OS. The number of benzene rings is 1. The second-order valence-electron chi connectivity index (χ2n) is 6.36. The van der Waals surface area contributed by atoms with Crippen molar-refractivity contribution in [3.05, 3.63) is 39.8 Å². The Hall–Kier alpha value is -1.50. The molecule has 6 heteroatoms. The lowest BCUT2D eigenvalue weighted by Gasteiger charge is -2.40. The third kappa shape index (κ3) is 3.77. The number of piperazine rings is 1. The highest BCUT2D eigenvalue weighted by Crippen LogP contribution is 2.28. The van der Waals surface area contributed by atoms with Crippen molar-refractivity contribution in [1.29, 1.82) is 0 Å². The molecule has 2 atom stereocenters. The molecule has 1 aromatic carbocycles. The lowest BCUT2D eigenvalue weighted by molar-refractivity contribution is 0.0779. The number of rotatable bonds is 5. The highest BCUT2D eigenvalue weighted by atomic mass is 32.1. The smallest absolute Gasteiger partial charge is 0.134 e. The van der Waals surface area contributed by atoms with Gasteiger partial charge in [0.25, 0.3) is 0 Å². The fourth-order valence-electron chi connectivity index (χ4n) is 3.26. The van der Waals surface area contributed by atoms with Gasteiger partial charge in [0.05, 0.1) is 13.2 Å². The quantitative estimate of drug-likeness (QED) is 0.831. The third-order valence-corrected chi connectivity index (χ3v) is 5.93. The largest absolute Gasteiger partial charge is 0.497 e. The molecule has 130 valence electrons. The minimum absolute atomic E-state index is 0.352. The van der Waals surface area contributed by atoms with Gasteiger partial charge in [0, 0.05) is 32.2 Å². The van der Waals surface area contributed by atoms with Crippen molar-refractivity contribution in [2.75, 3.05) is 33.3 Å². The minimum atomic E-state index is 0.352. The summed E-state index contributed by atoms with van der Waals surface area (Å²) in [6, 6.07) is 9.16. The van der Waals surface area contributed by atoms with E-state index in [1.807, 2.05) is 13.0 Å². The molecule has 3 rings (SSSR count). The van der Waals surface area contributed by atoms with E-state index < -0.39 is 0 Å². The summed E-state index contributed by atoms with van der Waals surface area (Å²) in [6.45, 7) is 10.8. The average Bonchev–Trinajstić information content (AvgIpc) is 3.07. The van der Waals surface area contributed by atoms with Crippen LogP contribution in [0, 0.1) is 6.92 Å². The summed E-state index contributed by atoms with van der Waals surface area (Å²) in [5.74, 6) is 0.929. The number of methoxy groups -OCH3 is 1. The van der Waals surface area contributed by atoms with Crippen LogP contribution in [0.2, 0.25) is 0 Å². The average molecular weight is 347 g/mol. The van der Waals surface area contributed by atoms with Gasteiger partial charge in [0.1, 0.15) is 15.8 Å². The van der Waals surface area contributed by atoms with E-state index >= 15 is 0 Å². The standard InChI is InChI=1S/C18H26N4OS/c1-13(16-6-5-7-17(12-16)23-4)21-8-10-22(11-9-21)14(2)18-20-19-15(3)24-18/h5-7,12-14H,8-11H2,1-4H3/t13-,14+/m1/s1. The van der Waals surface area contributed by atoms with Gasteiger partial charge in [-0.15, -0.1) is 21.5 Å². The van der Waals surface area contributed by atoms with E-state index in [0.717, 1.165) is 41.9 Å². The first kappa shape index (κ1) is 17.3. The van der Waals surface area contributed by atoms with Crippen LogP contribution in [0.25, 0.3) is 0 Å². The molecule has 0 amide bonds. The van der Waals surface area contributed by atoms with Crippen molar-refractivity contribution in [3.63, 3.8) is 0 Å². The van der Waals surface area contributed by atoms with E-state index in [-0.39, 0.29) is 0 Å². The third-order valence-electron chi connectivity index (χ3n) is 4.92. The van der Waals surface area contributed by atoms with E-state index in [1.54, 1.807) is 18.4 Å². The van der Waals surface area contributed by atoms with Crippen LogP contribution in [0.1, 0.15) is 41.5 Å². The zero-order valence-electron chi connectivity index (χ0n) is 14.9. The van der Waals surface area contributed by atoms with Gasteiger partial charge in [0.2, 0.25) is 0 Å². The normalized spacial score (nSPS) is 19.2. The van der Waals surface area contributed by atoms with Crippen LogP contribution in [0.4, 0.5) is 0 Å². The maximum atomic E-state index is 5.35. The van der Waals surface area contributed by atoms with Gasteiger partial charge in [-0.05, 0) is 38.5 Å². The summed E-state index contributed by atoms with van der Waals surface area (Å²) in [7, 11) is 1.72. The van der Waals surface area contributed by atoms with E-state index in [1.165, 1.54) is 5.56 Å². The van der Waals surface area contributed by atoms with Gasteiger partial charge in [-0.3, -0.25) is 9.80 Å². The molecule has 0 spiro atoms. The van der Waals surface area contributed by atoms with Gasteiger partial charge in [-0.25, -0.2) is 0 Å². The van der Waals surface area contributed by atoms with Crippen LogP contribution < -0.4 is 4.74 Å². The summed E-state index contributed by atoms with van der Waals surface area (Å²) in [5, 5.41) is 10.6. The highest BCUT2D eigenvalue weighted by Gasteiger charge is 2.26. The van der Waals surface area contributed by atoms with Crippen LogP contribution >= 0.6 is 11.3 Å². The van der Waals surface area contributed by atoms with Crippen molar-refractivity contribution < 1.29 is 4.74 Å². The van der Waals surface area contributed by atoms with Gasteiger partial charge in [-0.1, -0.05) is 12.1 Å². The van der Waals surface area contributed by atoms with Crippen LogP contribution in [0.15, 0.2) is 24.3 Å². The number of nitrogens with zero attached hydrogens (tertiary/aromatic N) is 4. The Kier molecular flexibility index (Phi) is 5.48. The van der Waals surface area contributed by atoms with E-state index in [9.17, 15) is 0 Å². The number of aryl methyl sites for hydroxylation is 1. The number of hydrogen-bond donors (Lipinski definition) is 0. The van der Waals surface area contributed by atoms with E-state index in [4.69, 9.17) is 4.74 Å². The van der Waals surface area contributed by atoms with Crippen LogP contribution in [0.5, 0.6) is 5.75 Å². The summed E-state index contributed by atoms with van der Waals surface area (Å²) in [4.78, 5) is 5.05. The molecule has 1 aliphatic heterocycles.